The molecule has 1 nitrogen and oxygen atoms in total. The Kier molecular flexibility index (Phi) is 4.45. The van der Waals surface area contributed by atoms with Crippen LogP contribution in [0.5, 0.6) is 0 Å². The largest absolute Gasteiger partial charge is 0.314 e. The molecule has 3 unspecified atom stereocenters. The summed E-state index contributed by atoms with van der Waals surface area (Å²) in [5, 5.41) is 3.94. The van der Waals surface area contributed by atoms with E-state index >= 15 is 0 Å². The number of hydrogen-bond donors (Lipinski definition) is 1. The molecule has 3 aliphatic carbocycles. The van der Waals surface area contributed by atoms with E-state index in [4.69, 9.17) is 0 Å². The van der Waals surface area contributed by atoms with E-state index in [1.807, 2.05) is 0 Å². The Morgan fingerprint density at radius 2 is 1.70 bits per heavy atom. The third-order valence-corrected chi connectivity index (χ3v) is 7.30. The van der Waals surface area contributed by atoms with E-state index in [1.165, 1.54) is 51.5 Å². The highest BCUT2D eigenvalue weighted by molar-refractivity contribution is 4.92. The van der Waals surface area contributed by atoms with Gasteiger partial charge < -0.3 is 5.32 Å². The maximum absolute atomic E-state index is 3.94. The van der Waals surface area contributed by atoms with Crippen LogP contribution < -0.4 is 5.32 Å². The first-order valence-corrected chi connectivity index (χ1v) is 9.32. The van der Waals surface area contributed by atoms with Crippen molar-refractivity contribution >= 4 is 0 Å². The van der Waals surface area contributed by atoms with Gasteiger partial charge in [0.1, 0.15) is 0 Å². The number of nitrogens with one attached hydrogen (secondary N) is 1. The van der Waals surface area contributed by atoms with Crippen molar-refractivity contribution in [3.8, 4) is 0 Å². The van der Waals surface area contributed by atoms with Crippen LogP contribution in [0.2, 0.25) is 0 Å². The molecule has 116 valence electrons. The van der Waals surface area contributed by atoms with Crippen LogP contribution in [0.4, 0.5) is 0 Å². The van der Waals surface area contributed by atoms with Crippen LogP contribution in [-0.4, -0.2) is 12.6 Å². The SMILES string of the molecule is CCC(C)(C)C1CCC(NCC2CC3CCC2C3)CC1. The molecule has 1 N–H and O–H groups in total. The maximum Gasteiger partial charge on any atom is 0.00673 e. The summed E-state index contributed by atoms with van der Waals surface area (Å²) in [6, 6.07) is 0.832. The van der Waals surface area contributed by atoms with E-state index in [9.17, 15) is 0 Å². The predicted octanol–water partition coefficient (Wildman–Crippen LogP) is 5.01. The molecule has 0 amide bonds. The van der Waals surface area contributed by atoms with Gasteiger partial charge in [0, 0.05) is 6.04 Å². The molecule has 0 radical (unpaired) electrons. The summed E-state index contributed by atoms with van der Waals surface area (Å²) in [7, 11) is 0. The highest BCUT2D eigenvalue weighted by atomic mass is 14.9. The van der Waals surface area contributed by atoms with Gasteiger partial charge in [-0.2, -0.15) is 0 Å². The van der Waals surface area contributed by atoms with Gasteiger partial charge in [-0.1, -0.05) is 33.6 Å². The molecule has 0 spiro atoms. The second-order valence-electron chi connectivity index (χ2n) is 8.73. The first-order valence-electron chi connectivity index (χ1n) is 9.32. The lowest BCUT2D eigenvalue weighted by Gasteiger charge is -2.39. The second-order valence-corrected chi connectivity index (χ2v) is 8.73. The fourth-order valence-corrected chi connectivity index (χ4v) is 5.31. The normalized spacial score (nSPS) is 41.2. The lowest BCUT2D eigenvalue weighted by atomic mass is 9.69. The van der Waals surface area contributed by atoms with Crippen molar-refractivity contribution in [3.05, 3.63) is 0 Å². The quantitative estimate of drug-likeness (QED) is 0.745. The monoisotopic (exact) mass is 277 g/mol. The Labute approximate surface area is 126 Å². The summed E-state index contributed by atoms with van der Waals surface area (Å²) >= 11 is 0. The van der Waals surface area contributed by atoms with Gasteiger partial charge in [0.2, 0.25) is 0 Å². The van der Waals surface area contributed by atoms with Crippen molar-refractivity contribution < 1.29 is 0 Å². The molecule has 1 heteroatoms. The fraction of sp³-hybridized carbons (Fsp3) is 1.00. The van der Waals surface area contributed by atoms with Gasteiger partial charge in [-0.05, 0) is 80.6 Å². The van der Waals surface area contributed by atoms with Gasteiger partial charge in [-0.15, -0.1) is 0 Å². The molecule has 0 aromatic heterocycles. The molecule has 20 heavy (non-hydrogen) atoms. The molecule has 2 bridgehead atoms. The minimum Gasteiger partial charge on any atom is -0.314 e. The smallest absolute Gasteiger partial charge is 0.00673 e. The van der Waals surface area contributed by atoms with Gasteiger partial charge in [-0.25, -0.2) is 0 Å². The molecule has 0 saturated heterocycles. The fourth-order valence-electron chi connectivity index (χ4n) is 5.31. The van der Waals surface area contributed by atoms with Crippen LogP contribution in [-0.2, 0) is 0 Å². The highest BCUT2D eigenvalue weighted by Gasteiger charge is 2.39. The molecule has 0 aliphatic heterocycles. The summed E-state index contributed by atoms with van der Waals surface area (Å²) < 4.78 is 0. The average molecular weight is 277 g/mol. The van der Waals surface area contributed by atoms with Crippen molar-refractivity contribution in [3.63, 3.8) is 0 Å². The molecule has 3 saturated carbocycles. The second kappa shape index (κ2) is 5.99. The van der Waals surface area contributed by atoms with Crippen molar-refractivity contribution in [2.24, 2.45) is 29.1 Å². The van der Waals surface area contributed by atoms with Gasteiger partial charge >= 0.3 is 0 Å². The van der Waals surface area contributed by atoms with Crippen molar-refractivity contribution in [1.29, 1.82) is 0 Å². The van der Waals surface area contributed by atoms with Crippen molar-refractivity contribution in [1.82, 2.24) is 5.32 Å². The highest BCUT2D eigenvalue weighted by Crippen LogP contribution is 2.48. The predicted molar refractivity (Wildman–Crippen MR) is 86.8 cm³/mol. The van der Waals surface area contributed by atoms with Crippen LogP contribution in [0.15, 0.2) is 0 Å². The lowest BCUT2D eigenvalue weighted by Crippen LogP contribution is -2.39. The minimum atomic E-state index is 0.565. The Balaban J connectivity index is 1.39. The minimum absolute atomic E-state index is 0.565. The Morgan fingerprint density at radius 3 is 2.25 bits per heavy atom. The van der Waals surface area contributed by atoms with Crippen LogP contribution in [0, 0.1) is 29.1 Å². The van der Waals surface area contributed by atoms with Crippen LogP contribution in [0.25, 0.3) is 0 Å². The van der Waals surface area contributed by atoms with E-state index in [1.54, 1.807) is 12.8 Å². The van der Waals surface area contributed by atoms with Crippen LogP contribution in [0.1, 0.15) is 78.6 Å². The zero-order chi connectivity index (χ0) is 14.2. The molecule has 3 aliphatic rings. The molecule has 3 fully saturated rings. The molecule has 3 atom stereocenters. The molecule has 3 rings (SSSR count). The summed E-state index contributed by atoms with van der Waals surface area (Å²) in [4.78, 5) is 0. The molecular weight excluding hydrogens is 242 g/mol. The zero-order valence-corrected chi connectivity index (χ0v) is 14.0. The third-order valence-electron chi connectivity index (χ3n) is 7.30. The van der Waals surface area contributed by atoms with Crippen molar-refractivity contribution in [2.75, 3.05) is 6.54 Å². The van der Waals surface area contributed by atoms with Gasteiger partial charge in [0.25, 0.3) is 0 Å². The molecule has 0 aromatic carbocycles. The van der Waals surface area contributed by atoms with Gasteiger partial charge in [0.05, 0.1) is 0 Å². The van der Waals surface area contributed by atoms with E-state index < -0.39 is 0 Å². The number of hydrogen-bond acceptors (Lipinski definition) is 1. The summed E-state index contributed by atoms with van der Waals surface area (Å²) in [5.41, 5.74) is 0.565. The first kappa shape index (κ1) is 14.9. The van der Waals surface area contributed by atoms with Gasteiger partial charge in [0.15, 0.2) is 0 Å². The van der Waals surface area contributed by atoms with E-state index in [2.05, 4.69) is 26.1 Å². The van der Waals surface area contributed by atoms with Crippen LogP contribution in [0.3, 0.4) is 0 Å². The van der Waals surface area contributed by atoms with E-state index in [0.717, 1.165) is 29.7 Å². The van der Waals surface area contributed by atoms with Gasteiger partial charge in [-0.3, -0.25) is 0 Å². The summed E-state index contributed by atoms with van der Waals surface area (Å²) in [6.07, 6.45) is 13.3. The summed E-state index contributed by atoms with van der Waals surface area (Å²) in [6.45, 7) is 8.63. The number of fused-ring (bicyclic) bond motifs is 2. The Hall–Kier alpha value is -0.0400. The molecule has 0 heterocycles. The standard InChI is InChI=1S/C19H35N/c1-4-19(2,3)17-7-9-18(10-8-17)20-13-16-12-14-5-6-15(16)11-14/h14-18,20H,4-13H2,1-3H3. The third kappa shape index (κ3) is 3.08. The summed E-state index contributed by atoms with van der Waals surface area (Å²) in [5.74, 6) is 4.18. The average Bonchev–Trinajstić information content (AvgIpc) is 3.08. The lowest BCUT2D eigenvalue weighted by molar-refractivity contribution is 0.134. The molecule has 0 aromatic rings. The topological polar surface area (TPSA) is 12.0 Å². The Morgan fingerprint density at radius 1 is 0.950 bits per heavy atom. The van der Waals surface area contributed by atoms with E-state index in [0.29, 0.717) is 5.41 Å². The van der Waals surface area contributed by atoms with E-state index in [-0.39, 0.29) is 0 Å². The van der Waals surface area contributed by atoms with Crippen molar-refractivity contribution in [2.45, 2.75) is 84.6 Å². The molecular formula is C19H35N. The number of rotatable bonds is 5. The maximum atomic E-state index is 3.94. The first-order chi connectivity index (χ1) is 9.58. The zero-order valence-electron chi connectivity index (χ0n) is 14.0. The van der Waals surface area contributed by atoms with Crippen LogP contribution >= 0.6 is 0 Å². The Bertz CT molecular complexity index is 314.